The number of aromatic nitrogens is 2. The van der Waals surface area contributed by atoms with Crippen molar-refractivity contribution in [2.45, 2.75) is 13.8 Å². The van der Waals surface area contributed by atoms with E-state index >= 15 is 0 Å². The number of hydrogen-bond acceptors (Lipinski definition) is 4. The van der Waals surface area contributed by atoms with Crippen LogP contribution in [0, 0.1) is 11.7 Å². The molecule has 128 valence electrons. The van der Waals surface area contributed by atoms with Crippen LogP contribution in [0.4, 0.5) is 10.1 Å². The molecule has 3 N–H and O–H groups in total. The van der Waals surface area contributed by atoms with Crippen LogP contribution in [0.5, 0.6) is 5.75 Å². The highest BCUT2D eigenvalue weighted by molar-refractivity contribution is 6.32. The number of amides is 1. The Morgan fingerprint density at radius 1 is 1.33 bits per heavy atom. The lowest BCUT2D eigenvalue weighted by atomic mass is 10.2. The van der Waals surface area contributed by atoms with Gasteiger partial charge < -0.3 is 15.0 Å². The lowest BCUT2D eigenvalue weighted by molar-refractivity contribution is 0.101. The number of carbonyl (C=O) groups is 1. The largest absolute Gasteiger partial charge is 0.492 e. The van der Waals surface area contributed by atoms with Gasteiger partial charge in [0, 0.05) is 5.69 Å². The number of anilines is 1. The maximum atomic E-state index is 13.6. The molecule has 0 aliphatic heterocycles. The second-order valence-corrected chi connectivity index (χ2v) is 5.81. The number of carbonyl (C=O) groups excluding carboxylic acids is 1. The molecule has 9 heteroatoms. The third-order valence-electron chi connectivity index (χ3n) is 2.87. The van der Waals surface area contributed by atoms with E-state index in [4.69, 9.17) is 16.3 Å². The minimum absolute atomic E-state index is 0.252. The van der Waals surface area contributed by atoms with Crippen LogP contribution in [0.25, 0.3) is 0 Å². The Kier molecular flexibility index (Phi) is 5.40. The summed E-state index contributed by atoms with van der Waals surface area (Å²) in [5.41, 5.74) is -2.77. The fraction of sp³-hybridized carbons (Fsp3) is 0.267. The van der Waals surface area contributed by atoms with Crippen molar-refractivity contribution >= 4 is 23.2 Å². The molecule has 1 aromatic heterocycles. The van der Waals surface area contributed by atoms with E-state index in [1.807, 2.05) is 18.8 Å². The first-order valence-corrected chi connectivity index (χ1v) is 7.41. The number of hydrogen-bond donors (Lipinski definition) is 3. The smallest absolute Gasteiger partial charge is 0.326 e. The van der Waals surface area contributed by atoms with Crippen LogP contribution in [0.15, 0.2) is 27.8 Å². The third kappa shape index (κ3) is 4.23. The Hall–Kier alpha value is -2.61. The molecule has 0 unspecified atom stereocenters. The van der Waals surface area contributed by atoms with Crippen molar-refractivity contribution in [3.05, 3.63) is 55.6 Å². The Bertz CT molecular complexity index is 876. The predicted octanol–water partition coefficient (Wildman–Crippen LogP) is 2.14. The monoisotopic (exact) mass is 355 g/mol. The molecule has 0 radical (unpaired) electrons. The van der Waals surface area contributed by atoms with E-state index in [0.29, 0.717) is 18.3 Å². The molecule has 0 fully saturated rings. The number of rotatable bonds is 5. The van der Waals surface area contributed by atoms with Crippen molar-refractivity contribution in [3.63, 3.8) is 0 Å². The van der Waals surface area contributed by atoms with E-state index < -0.39 is 28.7 Å². The van der Waals surface area contributed by atoms with Crippen LogP contribution in [0.2, 0.25) is 5.02 Å². The number of nitrogens with one attached hydrogen (secondary N) is 3. The van der Waals surface area contributed by atoms with Gasteiger partial charge in [0.15, 0.2) is 5.69 Å². The van der Waals surface area contributed by atoms with Crippen molar-refractivity contribution in [2.75, 3.05) is 11.9 Å². The van der Waals surface area contributed by atoms with E-state index in [9.17, 15) is 18.8 Å². The summed E-state index contributed by atoms with van der Waals surface area (Å²) >= 11 is 6.06. The summed E-state index contributed by atoms with van der Waals surface area (Å²) in [5.74, 6) is -1.60. The van der Waals surface area contributed by atoms with Gasteiger partial charge in [-0.3, -0.25) is 14.6 Å². The van der Waals surface area contributed by atoms with Gasteiger partial charge in [-0.05, 0) is 24.1 Å². The van der Waals surface area contributed by atoms with Gasteiger partial charge in [0.05, 0.1) is 11.6 Å². The second-order valence-electron chi connectivity index (χ2n) is 5.40. The molecule has 1 heterocycles. The topological polar surface area (TPSA) is 104 Å². The second kappa shape index (κ2) is 7.31. The zero-order valence-electron chi connectivity index (χ0n) is 12.9. The van der Waals surface area contributed by atoms with E-state index in [1.165, 1.54) is 12.1 Å². The van der Waals surface area contributed by atoms with Crippen molar-refractivity contribution in [3.8, 4) is 5.75 Å². The van der Waals surface area contributed by atoms with Crippen LogP contribution < -0.4 is 21.3 Å². The summed E-state index contributed by atoms with van der Waals surface area (Å²) in [6.07, 6.45) is 0. The van der Waals surface area contributed by atoms with Gasteiger partial charge in [0.2, 0.25) is 5.82 Å². The number of halogens is 2. The molecule has 24 heavy (non-hydrogen) atoms. The zero-order chi connectivity index (χ0) is 17.9. The highest BCUT2D eigenvalue weighted by Gasteiger charge is 2.17. The van der Waals surface area contributed by atoms with Crippen LogP contribution >= 0.6 is 11.6 Å². The fourth-order valence-electron chi connectivity index (χ4n) is 1.77. The van der Waals surface area contributed by atoms with Gasteiger partial charge in [-0.25, -0.2) is 4.79 Å². The average molecular weight is 356 g/mol. The van der Waals surface area contributed by atoms with E-state index in [0.717, 1.165) is 0 Å². The summed E-state index contributed by atoms with van der Waals surface area (Å²) in [7, 11) is 0. The maximum absolute atomic E-state index is 13.6. The highest BCUT2D eigenvalue weighted by atomic mass is 35.5. The van der Waals surface area contributed by atoms with Crippen molar-refractivity contribution in [1.82, 2.24) is 9.97 Å². The number of aromatic amines is 2. The summed E-state index contributed by atoms with van der Waals surface area (Å²) in [6, 6.07) is 4.47. The number of benzene rings is 1. The highest BCUT2D eigenvalue weighted by Crippen LogP contribution is 2.28. The molecule has 0 bridgehead atoms. The lowest BCUT2D eigenvalue weighted by Gasteiger charge is -2.12. The lowest BCUT2D eigenvalue weighted by Crippen LogP contribution is -2.31. The predicted molar refractivity (Wildman–Crippen MR) is 87.4 cm³/mol. The molecule has 0 aliphatic carbocycles. The molecule has 2 aromatic rings. The Labute approximate surface area is 140 Å². The molecule has 7 nitrogen and oxygen atoms in total. The molecule has 2 rings (SSSR count). The Morgan fingerprint density at radius 3 is 2.67 bits per heavy atom. The van der Waals surface area contributed by atoms with E-state index in [-0.39, 0.29) is 10.7 Å². The third-order valence-corrected chi connectivity index (χ3v) is 3.17. The van der Waals surface area contributed by atoms with Crippen LogP contribution in [-0.2, 0) is 0 Å². The van der Waals surface area contributed by atoms with Gasteiger partial charge >= 0.3 is 5.69 Å². The molecular formula is C15H15ClFN3O4. The normalized spacial score (nSPS) is 10.7. The van der Waals surface area contributed by atoms with E-state index in [2.05, 4.69) is 5.32 Å². The van der Waals surface area contributed by atoms with Gasteiger partial charge in [0.25, 0.3) is 11.5 Å². The Balaban J connectivity index is 2.20. The van der Waals surface area contributed by atoms with E-state index in [1.54, 1.807) is 11.1 Å². The van der Waals surface area contributed by atoms with Gasteiger partial charge in [0.1, 0.15) is 5.75 Å². The number of ether oxygens (including phenoxy) is 1. The van der Waals surface area contributed by atoms with Crippen LogP contribution in [0.1, 0.15) is 24.3 Å². The molecule has 0 aliphatic rings. The quantitative estimate of drug-likeness (QED) is 0.764. The number of H-pyrrole nitrogens is 2. The standard InChI is InChI=1S/C15H15ClFN3O4/c1-7(2)6-24-10-4-3-8(5-9(10)16)18-14(22)12-11(17)13(21)20-15(23)19-12/h3-5,7H,6H2,1-2H3,(H,18,22)(H2,19,20,21,23). The molecular weight excluding hydrogens is 341 g/mol. The summed E-state index contributed by atoms with van der Waals surface area (Å²) in [4.78, 5) is 37.9. The first-order chi connectivity index (χ1) is 11.3. The Morgan fingerprint density at radius 2 is 2.04 bits per heavy atom. The molecule has 0 spiro atoms. The summed E-state index contributed by atoms with van der Waals surface area (Å²) < 4.78 is 19.1. The van der Waals surface area contributed by atoms with Crippen LogP contribution in [0.3, 0.4) is 0 Å². The van der Waals surface area contributed by atoms with Crippen molar-refractivity contribution in [2.24, 2.45) is 5.92 Å². The maximum Gasteiger partial charge on any atom is 0.326 e. The zero-order valence-corrected chi connectivity index (χ0v) is 13.7. The fourth-order valence-corrected chi connectivity index (χ4v) is 2.01. The molecule has 0 saturated heterocycles. The molecule has 1 aromatic carbocycles. The minimum Gasteiger partial charge on any atom is -0.492 e. The first-order valence-electron chi connectivity index (χ1n) is 7.03. The van der Waals surface area contributed by atoms with Crippen molar-refractivity contribution in [1.29, 1.82) is 0 Å². The molecule has 0 atom stereocenters. The average Bonchev–Trinajstić information content (AvgIpc) is 2.49. The first kappa shape index (κ1) is 17.7. The summed E-state index contributed by atoms with van der Waals surface area (Å²) in [6.45, 7) is 4.45. The molecule has 1 amide bonds. The van der Waals surface area contributed by atoms with Crippen molar-refractivity contribution < 1.29 is 13.9 Å². The van der Waals surface area contributed by atoms with Gasteiger partial charge in [-0.15, -0.1) is 0 Å². The summed E-state index contributed by atoms with van der Waals surface area (Å²) in [5, 5.41) is 2.60. The van der Waals surface area contributed by atoms with Gasteiger partial charge in [-0.2, -0.15) is 4.39 Å². The molecule has 0 saturated carbocycles. The van der Waals surface area contributed by atoms with Gasteiger partial charge in [-0.1, -0.05) is 25.4 Å². The van der Waals surface area contributed by atoms with Crippen LogP contribution in [-0.4, -0.2) is 22.5 Å². The SMILES string of the molecule is CC(C)COc1ccc(NC(=O)c2[nH]c(=O)[nH]c(=O)c2F)cc1Cl. The minimum atomic E-state index is -1.38.